The molecule has 0 bridgehead atoms. The maximum absolute atomic E-state index is 12.7. The number of amides is 1. The first-order valence-corrected chi connectivity index (χ1v) is 6.38. The summed E-state index contributed by atoms with van der Waals surface area (Å²) >= 11 is 0. The lowest BCUT2D eigenvalue weighted by atomic mass is 10.1. The molecule has 1 aromatic carbocycles. The van der Waals surface area contributed by atoms with Crippen molar-refractivity contribution in [3.05, 3.63) is 30.1 Å². The fraction of sp³-hybridized carbons (Fsp3) is 0.500. The number of rotatable bonds is 7. The Bertz CT molecular complexity index is 395. The van der Waals surface area contributed by atoms with Crippen LogP contribution >= 0.6 is 0 Å². The fourth-order valence-electron chi connectivity index (χ4n) is 1.69. The molecule has 106 valence electrons. The SMILES string of the molecule is CC(CCN)C(=O)N(C)CCOc1ccc(F)cc1. The van der Waals surface area contributed by atoms with Crippen molar-refractivity contribution in [2.75, 3.05) is 26.7 Å². The second-order valence-corrected chi connectivity index (χ2v) is 4.54. The number of likely N-dealkylation sites (N-methyl/N-ethyl adjacent to an activating group) is 1. The van der Waals surface area contributed by atoms with Crippen molar-refractivity contribution < 1.29 is 13.9 Å². The van der Waals surface area contributed by atoms with Gasteiger partial charge in [0.05, 0.1) is 6.54 Å². The predicted molar refractivity (Wildman–Crippen MR) is 72.4 cm³/mol. The van der Waals surface area contributed by atoms with E-state index in [9.17, 15) is 9.18 Å². The molecular formula is C14H21FN2O2. The van der Waals surface area contributed by atoms with E-state index in [2.05, 4.69) is 0 Å². The third-order valence-corrected chi connectivity index (χ3v) is 2.91. The molecule has 0 fully saturated rings. The van der Waals surface area contributed by atoms with Crippen LogP contribution in [0.1, 0.15) is 13.3 Å². The summed E-state index contributed by atoms with van der Waals surface area (Å²) < 4.78 is 18.1. The van der Waals surface area contributed by atoms with Crippen LogP contribution in [0.2, 0.25) is 0 Å². The highest BCUT2D eigenvalue weighted by Crippen LogP contribution is 2.11. The first-order valence-electron chi connectivity index (χ1n) is 6.38. The molecule has 0 aliphatic heterocycles. The third-order valence-electron chi connectivity index (χ3n) is 2.91. The van der Waals surface area contributed by atoms with Gasteiger partial charge in [0.25, 0.3) is 0 Å². The van der Waals surface area contributed by atoms with Gasteiger partial charge in [0.15, 0.2) is 0 Å². The molecular weight excluding hydrogens is 247 g/mol. The lowest BCUT2D eigenvalue weighted by molar-refractivity contribution is -0.134. The third kappa shape index (κ3) is 5.26. The van der Waals surface area contributed by atoms with Gasteiger partial charge in [-0.1, -0.05) is 6.92 Å². The lowest BCUT2D eigenvalue weighted by Gasteiger charge is -2.21. The van der Waals surface area contributed by atoms with Crippen molar-refractivity contribution >= 4 is 5.91 Å². The average molecular weight is 268 g/mol. The number of nitrogens with zero attached hydrogens (tertiary/aromatic N) is 1. The van der Waals surface area contributed by atoms with Crippen LogP contribution in [0, 0.1) is 11.7 Å². The molecule has 2 N–H and O–H groups in total. The van der Waals surface area contributed by atoms with E-state index in [1.54, 1.807) is 24.1 Å². The van der Waals surface area contributed by atoms with E-state index in [1.807, 2.05) is 6.92 Å². The van der Waals surface area contributed by atoms with E-state index in [-0.39, 0.29) is 17.6 Å². The van der Waals surface area contributed by atoms with E-state index in [4.69, 9.17) is 10.5 Å². The molecule has 0 spiro atoms. The molecule has 0 aromatic heterocycles. The first-order chi connectivity index (χ1) is 9.04. The Morgan fingerprint density at radius 2 is 2.05 bits per heavy atom. The Labute approximate surface area is 113 Å². The molecule has 1 aromatic rings. The molecule has 4 nitrogen and oxygen atoms in total. The van der Waals surface area contributed by atoms with Gasteiger partial charge in [-0.3, -0.25) is 4.79 Å². The smallest absolute Gasteiger partial charge is 0.225 e. The van der Waals surface area contributed by atoms with Crippen LogP contribution in [0.15, 0.2) is 24.3 Å². The van der Waals surface area contributed by atoms with Gasteiger partial charge in [-0.15, -0.1) is 0 Å². The predicted octanol–water partition coefficient (Wildman–Crippen LogP) is 1.65. The molecule has 5 heteroatoms. The monoisotopic (exact) mass is 268 g/mol. The van der Waals surface area contributed by atoms with Crippen LogP contribution in [0.4, 0.5) is 4.39 Å². The van der Waals surface area contributed by atoms with Crippen molar-refractivity contribution in [2.24, 2.45) is 11.7 Å². The maximum Gasteiger partial charge on any atom is 0.225 e. The number of carbonyl (C=O) groups is 1. The second kappa shape index (κ2) is 7.74. The zero-order valence-electron chi connectivity index (χ0n) is 11.4. The van der Waals surface area contributed by atoms with Gasteiger partial charge in [-0.2, -0.15) is 0 Å². The quantitative estimate of drug-likeness (QED) is 0.818. The molecule has 0 aliphatic carbocycles. The van der Waals surface area contributed by atoms with Gasteiger partial charge in [0.2, 0.25) is 5.91 Å². The molecule has 19 heavy (non-hydrogen) atoms. The van der Waals surface area contributed by atoms with Crippen LogP contribution in [-0.4, -0.2) is 37.6 Å². The Morgan fingerprint density at radius 3 is 2.63 bits per heavy atom. The number of ether oxygens (including phenoxy) is 1. The van der Waals surface area contributed by atoms with Gasteiger partial charge < -0.3 is 15.4 Å². The number of halogens is 1. The summed E-state index contributed by atoms with van der Waals surface area (Å²) in [6, 6.07) is 5.81. The molecule has 1 unspecified atom stereocenters. The van der Waals surface area contributed by atoms with E-state index >= 15 is 0 Å². The Kier molecular flexibility index (Phi) is 6.29. The van der Waals surface area contributed by atoms with E-state index in [0.29, 0.717) is 31.9 Å². The summed E-state index contributed by atoms with van der Waals surface area (Å²) in [5, 5.41) is 0. The minimum Gasteiger partial charge on any atom is -0.492 e. The van der Waals surface area contributed by atoms with Gasteiger partial charge in [0.1, 0.15) is 18.2 Å². The Morgan fingerprint density at radius 1 is 1.42 bits per heavy atom. The molecule has 1 rings (SSSR count). The molecule has 0 aliphatic rings. The van der Waals surface area contributed by atoms with E-state index in [1.165, 1.54) is 12.1 Å². The summed E-state index contributed by atoms with van der Waals surface area (Å²) in [4.78, 5) is 13.5. The number of hydrogen-bond acceptors (Lipinski definition) is 3. The van der Waals surface area contributed by atoms with Crippen LogP contribution in [0.25, 0.3) is 0 Å². The Hall–Kier alpha value is -1.62. The summed E-state index contributed by atoms with van der Waals surface area (Å²) in [6.07, 6.45) is 0.683. The van der Waals surface area contributed by atoms with Gasteiger partial charge in [-0.25, -0.2) is 4.39 Å². The summed E-state index contributed by atoms with van der Waals surface area (Å²) in [5.74, 6) is 0.293. The molecule has 0 radical (unpaired) electrons. The van der Waals surface area contributed by atoms with Gasteiger partial charge in [0, 0.05) is 13.0 Å². The first kappa shape index (κ1) is 15.4. The summed E-state index contributed by atoms with van der Waals surface area (Å²) in [7, 11) is 1.74. The second-order valence-electron chi connectivity index (χ2n) is 4.54. The highest BCUT2D eigenvalue weighted by molar-refractivity contribution is 5.78. The standard InChI is InChI=1S/C14H21FN2O2/c1-11(7-8-16)14(18)17(2)9-10-19-13-5-3-12(15)4-6-13/h3-6,11H,7-10,16H2,1-2H3. The number of hydrogen-bond donors (Lipinski definition) is 1. The summed E-state index contributed by atoms with van der Waals surface area (Å²) in [5.41, 5.74) is 5.43. The molecule has 0 heterocycles. The van der Waals surface area contributed by atoms with E-state index in [0.717, 1.165) is 0 Å². The number of carbonyl (C=O) groups excluding carboxylic acids is 1. The number of benzene rings is 1. The van der Waals surface area contributed by atoms with Gasteiger partial charge in [-0.05, 0) is 37.2 Å². The molecule has 0 saturated carbocycles. The largest absolute Gasteiger partial charge is 0.492 e. The Balaban J connectivity index is 2.32. The van der Waals surface area contributed by atoms with Crippen LogP contribution in [0.5, 0.6) is 5.75 Å². The highest BCUT2D eigenvalue weighted by Gasteiger charge is 2.16. The minimum absolute atomic E-state index is 0.0631. The normalized spacial score (nSPS) is 12.0. The van der Waals surface area contributed by atoms with Crippen molar-refractivity contribution in [1.82, 2.24) is 4.90 Å². The highest BCUT2D eigenvalue weighted by atomic mass is 19.1. The lowest BCUT2D eigenvalue weighted by Crippen LogP contribution is -2.35. The van der Waals surface area contributed by atoms with Crippen molar-refractivity contribution in [3.63, 3.8) is 0 Å². The number of nitrogens with two attached hydrogens (primary N) is 1. The zero-order valence-corrected chi connectivity index (χ0v) is 11.4. The topological polar surface area (TPSA) is 55.6 Å². The van der Waals surface area contributed by atoms with Crippen LogP contribution in [-0.2, 0) is 4.79 Å². The maximum atomic E-state index is 12.7. The zero-order chi connectivity index (χ0) is 14.3. The summed E-state index contributed by atoms with van der Waals surface area (Å²) in [6.45, 7) is 3.24. The molecule has 1 atom stereocenters. The van der Waals surface area contributed by atoms with Crippen molar-refractivity contribution in [1.29, 1.82) is 0 Å². The van der Waals surface area contributed by atoms with Crippen molar-refractivity contribution in [3.8, 4) is 5.75 Å². The van der Waals surface area contributed by atoms with Crippen molar-refractivity contribution in [2.45, 2.75) is 13.3 Å². The van der Waals surface area contributed by atoms with Crippen LogP contribution < -0.4 is 10.5 Å². The fourth-order valence-corrected chi connectivity index (χ4v) is 1.69. The van der Waals surface area contributed by atoms with Gasteiger partial charge >= 0.3 is 0 Å². The minimum atomic E-state index is -0.296. The molecule has 1 amide bonds. The average Bonchev–Trinajstić information content (AvgIpc) is 2.40. The van der Waals surface area contributed by atoms with Crippen LogP contribution in [0.3, 0.4) is 0 Å². The van der Waals surface area contributed by atoms with E-state index < -0.39 is 0 Å². The molecule has 0 saturated heterocycles.